The quantitative estimate of drug-likeness (QED) is 0.500. The Bertz CT molecular complexity index is 818. The van der Waals surface area contributed by atoms with Crippen LogP contribution in [-0.4, -0.2) is 35.5 Å². The summed E-state index contributed by atoms with van der Waals surface area (Å²) in [6.45, 7) is 8.94. The Morgan fingerprint density at radius 1 is 1.17 bits per heavy atom. The Kier molecular flexibility index (Phi) is 7.92. The molecule has 6 heteroatoms. The Hall–Kier alpha value is -2.08. The zero-order valence-electron chi connectivity index (χ0n) is 17.8. The third-order valence-electron chi connectivity index (χ3n) is 5.46. The van der Waals surface area contributed by atoms with E-state index >= 15 is 0 Å². The van der Waals surface area contributed by atoms with Crippen LogP contribution in [0, 0.1) is 19.8 Å². The van der Waals surface area contributed by atoms with Crippen molar-refractivity contribution in [3.8, 4) is 0 Å². The molecule has 0 radical (unpaired) electrons. The van der Waals surface area contributed by atoms with Crippen LogP contribution < -0.4 is 10.2 Å². The van der Waals surface area contributed by atoms with Gasteiger partial charge in [0.25, 0.3) is 0 Å². The molecule has 1 aromatic carbocycles. The molecule has 0 aliphatic carbocycles. The predicted molar refractivity (Wildman–Crippen MR) is 120 cm³/mol. The summed E-state index contributed by atoms with van der Waals surface area (Å²) in [5, 5.41) is 4.06. The predicted octanol–water partition coefficient (Wildman–Crippen LogP) is 4.77. The van der Waals surface area contributed by atoms with Gasteiger partial charge < -0.3 is 10.2 Å². The second-order valence-corrected chi connectivity index (χ2v) is 8.91. The van der Waals surface area contributed by atoms with Crippen LogP contribution in [0.5, 0.6) is 0 Å². The van der Waals surface area contributed by atoms with Crippen molar-refractivity contribution < 1.29 is 4.79 Å². The number of hydrogen-bond donors (Lipinski definition) is 1. The normalized spacial score (nSPS) is 14.8. The number of nitrogens with zero attached hydrogens (tertiary/aromatic N) is 3. The van der Waals surface area contributed by atoms with Gasteiger partial charge in [0.15, 0.2) is 0 Å². The highest BCUT2D eigenvalue weighted by atomic mass is 32.2. The van der Waals surface area contributed by atoms with E-state index in [2.05, 4.69) is 65.2 Å². The number of carbonyl (C=O) groups is 1. The van der Waals surface area contributed by atoms with E-state index in [1.165, 1.54) is 28.9 Å². The van der Waals surface area contributed by atoms with Gasteiger partial charge >= 0.3 is 0 Å². The summed E-state index contributed by atoms with van der Waals surface area (Å²) in [7, 11) is 0. The molecular formula is C23H32N4OS. The highest BCUT2D eigenvalue weighted by Gasteiger charge is 2.25. The first-order valence-corrected chi connectivity index (χ1v) is 11.5. The van der Waals surface area contributed by atoms with E-state index in [0.717, 1.165) is 49.7 Å². The summed E-state index contributed by atoms with van der Waals surface area (Å²) in [6.07, 6.45) is 6.83. The molecule has 1 aliphatic heterocycles. The molecule has 0 spiro atoms. The van der Waals surface area contributed by atoms with Gasteiger partial charge in [-0.3, -0.25) is 4.79 Å². The van der Waals surface area contributed by atoms with E-state index in [1.54, 1.807) is 18.1 Å². The van der Waals surface area contributed by atoms with Crippen LogP contribution in [0.15, 0.2) is 40.5 Å². The van der Waals surface area contributed by atoms with Crippen molar-refractivity contribution in [3.05, 3.63) is 41.7 Å². The number of benzene rings is 1. The molecule has 5 nitrogen and oxygen atoms in total. The minimum Gasteiger partial charge on any atom is -0.356 e. The third-order valence-corrected chi connectivity index (χ3v) is 6.55. The van der Waals surface area contributed by atoms with E-state index < -0.39 is 0 Å². The van der Waals surface area contributed by atoms with Crippen molar-refractivity contribution in [3.63, 3.8) is 0 Å². The zero-order valence-corrected chi connectivity index (χ0v) is 18.6. The van der Waals surface area contributed by atoms with Crippen LogP contribution in [0.2, 0.25) is 0 Å². The van der Waals surface area contributed by atoms with Crippen molar-refractivity contribution in [1.29, 1.82) is 0 Å². The van der Waals surface area contributed by atoms with Crippen LogP contribution in [0.3, 0.4) is 0 Å². The average molecular weight is 413 g/mol. The van der Waals surface area contributed by atoms with Crippen LogP contribution in [-0.2, 0) is 4.79 Å². The summed E-state index contributed by atoms with van der Waals surface area (Å²) >= 11 is 1.68. The summed E-state index contributed by atoms with van der Waals surface area (Å²) in [5.41, 5.74) is 2.51. The summed E-state index contributed by atoms with van der Waals surface area (Å²) in [4.78, 5) is 24.8. The number of anilines is 1. The molecule has 0 atom stereocenters. The zero-order chi connectivity index (χ0) is 20.6. The molecule has 156 valence electrons. The molecule has 1 aliphatic rings. The van der Waals surface area contributed by atoms with E-state index in [9.17, 15) is 4.79 Å². The topological polar surface area (TPSA) is 58.1 Å². The van der Waals surface area contributed by atoms with Gasteiger partial charge in [-0.05, 0) is 50.3 Å². The van der Waals surface area contributed by atoms with E-state index in [-0.39, 0.29) is 11.8 Å². The fraction of sp³-hybridized carbons (Fsp3) is 0.522. The lowest BCUT2D eigenvalue weighted by molar-refractivity contribution is -0.125. The number of aromatic nitrogens is 2. The number of unbranched alkanes of at least 4 members (excludes halogenated alkanes) is 2. The van der Waals surface area contributed by atoms with E-state index in [1.807, 2.05) is 0 Å². The van der Waals surface area contributed by atoms with Gasteiger partial charge in [-0.25, -0.2) is 9.97 Å². The average Bonchev–Trinajstić information content (AvgIpc) is 2.74. The molecule has 2 aromatic rings. The summed E-state index contributed by atoms with van der Waals surface area (Å²) in [6, 6.07) is 8.55. The fourth-order valence-corrected chi connectivity index (χ4v) is 4.55. The van der Waals surface area contributed by atoms with E-state index in [0.29, 0.717) is 0 Å². The van der Waals surface area contributed by atoms with Gasteiger partial charge in [-0.15, -0.1) is 0 Å². The minimum atomic E-state index is 0.124. The Morgan fingerprint density at radius 2 is 1.97 bits per heavy atom. The molecule has 3 rings (SSSR count). The van der Waals surface area contributed by atoms with Gasteiger partial charge in [0.1, 0.15) is 17.2 Å². The van der Waals surface area contributed by atoms with Crippen molar-refractivity contribution in [2.24, 2.45) is 5.92 Å². The molecule has 1 fully saturated rings. The van der Waals surface area contributed by atoms with Crippen molar-refractivity contribution in [2.75, 3.05) is 24.5 Å². The second-order valence-electron chi connectivity index (χ2n) is 7.84. The third kappa shape index (κ3) is 6.20. The molecular weight excluding hydrogens is 380 g/mol. The molecule has 1 saturated heterocycles. The number of nitrogens with one attached hydrogen (secondary N) is 1. The molecule has 0 bridgehead atoms. The molecule has 2 heterocycles. The van der Waals surface area contributed by atoms with Crippen LogP contribution >= 0.6 is 11.8 Å². The first-order chi connectivity index (χ1) is 14.1. The first-order valence-electron chi connectivity index (χ1n) is 10.7. The number of carbonyl (C=O) groups excluding carboxylic acids is 1. The van der Waals surface area contributed by atoms with Crippen LogP contribution in [0.4, 0.5) is 5.82 Å². The molecule has 0 saturated carbocycles. The molecule has 1 aromatic heterocycles. The highest BCUT2D eigenvalue weighted by molar-refractivity contribution is 7.99. The molecule has 29 heavy (non-hydrogen) atoms. The molecule has 1 N–H and O–H groups in total. The van der Waals surface area contributed by atoms with Crippen LogP contribution in [0.25, 0.3) is 0 Å². The smallest absolute Gasteiger partial charge is 0.223 e. The Balaban J connectivity index is 1.55. The number of hydrogen-bond acceptors (Lipinski definition) is 5. The monoisotopic (exact) mass is 412 g/mol. The second kappa shape index (κ2) is 10.6. The number of amides is 1. The van der Waals surface area contributed by atoms with Crippen molar-refractivity contribution in [1.82, 2.24) is 15.3 Å². The molecule has 0 unspecified atom stereocenters. The van der Waals surface area contributed by atoms with Crippen LogP contribution in [0.1, 0.15) is 50.2 Å². The highest BCUT2D eigenvalue weighted by Crippen LogP contribution is 2.31. The van der Waals surface area contributed by atoms with Gasteiger partial charge in [0.05, 0.1) is 0 Å². The summed E-state index contributed by atoms with van der Waals surface area (Å²) < 4.78 is 0. The number of piperidine rings is 1. The minimum absolute atomic E-state index is 0.124. The lowest BCUT2D eigenvalue weighted by atomic mass is 9.96. The van der Waals surface area contributed by atoms with Gasteiger partial charge in [0.2, 0.25) is 5.91 Å². The number of rotatable bonds is 8. The van der Waals surface area contributed by atoms with Gasteiger partial charge in [-0.2, -0.15) is 0 Å². The maximum atomic E-state index is 12.4. The number of aryl methyl sites for hydroxylation is 2. The lowest BCUT2D eigenvalue weighted by Gasteiger charge is -2.32. The van der Waals surface area contributed by atoms with Crippen molar-refractivity contribution >= 4 is 23.5 Å². The molecule has 1 amide bonds. The largest absolute Gasteiger partial charge is 0.356 e. The Morgan fingerprint density at radius 3 is 2.72 bits per heavy atom. The standard InChI is InChI=1S/C23H32N4OS/c1-4-5-6-11-24-23(28)19-9-12-27(13-10-19)21-15-22(26-16-25-21)29-20-14-17(2)7-8-18(20)3/h7-8,14-16,19H,4-6,9-13H2,1-3H3,(H,24,28). The maximum absolute atomic E-state index is 12.4. The maximum Gasteiger partial charge on any atom is 0.223 e. The summed E-state index contributed by atoms with van der Waals surface area (Å²) in [5.74, 6) is 1.29. The van der Waals surface area contributed by atoms with E-state index in [4.69, 9.17) is 0 Å². The van der Waals surface area contributed by atoms with Gasteiger partial charge in [-0.1, -0.05) is 43.7 Å². The lowest BCUT2D eigenvalue weighted by Crippen LogP contribution is -2.41. The Labute approximate surface area is 178 Å². The first kappa shape index (κ1) is 21.6. The SMILES string of the molecule is CCCCCNC(=O)C1CCN(c2cc(Sc3cc(C)ccc3C)ncn2)CC1. The fourth-order valence-electron chi connectivity index (χ4n) is 3.59. The van der Waals surface area contributed by atoms with Crippen molar-refractivity contribution in [2.45, 2.75) is 62.8 Å². The van der Waals surface area contributed by atoms with Gasteiger partial charge in [0, 0.05) is 36.5 Å².